The van der Waals surface area contributed by atoms with Gasteiger partial charge in [-0.05, 0) is 51.4 Å². The first-order valence-electron chi connectivity index (χ1n) is 22.8. The van der Waals surface area contributed by atoms with E-state index in [-0.39, 0.29) is 32.2 Å². The van der Waals surface area contributed by atoms with Gasteiger partial charge in [0.1, 0.15) is 13.2 Å². The Morgan fingerprint density at radius 3 is 1.49 bits per heavy atom. The zero-order valence-electron chi connectivity index (χ0n) is 37.2. The van der Waals surface area contributed by atoms with E-state index in [0.717, 1.165) is 70.6 Å². The predicted molar refractivity (Wildman–Crippen MR) is 235 cm³/mol. The SMILES string of the molecule is CC/C=C\C/C=C\C/C=C\C/C=C\CCCCCCC(=O)OC(COC(=O)CCCCCCCCCCCCCCCCC)COC(OCC[N+](C)(C)C)C(=O)O. The van der Waals surface area contributed by atoms with E-state index in [1.165, 1.54) is 77.0 Å². The van der Waals surface area contributed by atoms with Crippen molar-refractivity contribution in [1.82, 2.24) is 0 Å². The summed E-state index contributed by atoms with van der Waals surface area (Å²) in [6.45, 7) is 4.73. The molecule has 0 aromatic carbocycles. The summed E-state index contributed by atoms with van der Waals surface area (Å²) >= 11 is 0. The average molecular weight is 805 g/mol. The molecular weight excluding hydrogens is 719 g/mol. The van der Waals surface area contributed by atoms with E-state index in [4.69, 9.17) is 18.9 Å². The number of hydrogen-bond donors (Lipinski definition) is 1. The summed E-state index contributed by atoms with van der Waals surface area (Å²) in [6, 6.07) is 0. The Morgan fingerprint density at radius 1 is 0.544 bits per heavy atom. The van der Waals surface area contributed by atoms with Crippen LogP contribution >= 0.6 is 0 Å². The van der Waals surface area contributed by atoms with Crippen molar-refractivity contribution in [3.05, 3.63) is 48.6 Å². The summed E-state index contributed by atoms with van der Waals surface area (Å²) in [4.78, 5) is 37.1. The molecule has 9 heteroatoms. The minimum absolute atomic E-state index is 0.182. The van der Waals surface area contributed by atoms with Crippen LogP contribution in [0.4, 0.5) is 0 Å². The number of unbranched alkanes of at least 4 members (excludes halogenated alkanes) is 18. The topological polar surface area (TPSA) is 108 Å². The van der Waals surface area contributed by atoms with Gasteiger partial charge in [-0.25, -0.2) is 4.79 Å². The summed E-state index contributed by atoms with van der Waals surface area (Å²) in [5.74, 6) is -2.04. The van der Waals surface area contributed by atoms with Crippen molar-refractivity contribution in [3.8, 4) is 0 Å². The van der Waals surface area contributed by atoms with Gasteiger partial charge in [0, 0.05) is 12.8 Å². The second-order valence-corrected chi connectivity index (χ2v) is 16.3. The second-order valence-electron chi connectivity index (χ2n) is 16.3. The van der Waals surface area contributed by atoms with Crippen LogP contribution in [-0.2, 0) is 33.3 Å². The molecular formula is C48H86NO8+. The van der Waals surface area contributed by atoms with Crippen molar-refractivity contribution >= 4 is 17.9 Å². The van der Waals surface area contributed by atoms with Gasteiger partial charge in [-0.15, -0.1) is 0 Å². The van der Waals surface area contributed by atoms with Gasteiger partial charge in [0.05, 0.1) is 34.4 Å². The number of esters is 2. The fourth-order valence-corrected chi connectivity index (χ4v) is 6.06. The van der Waals surface area contributed by atoms with Crippen molar-refractivity contribution < 1.29 is 42.9 Å². The Balaban J connectivity index is 4.47. The van der Waals surface area contributed by atoms with Crippen molar-refractivity contribution in [2.24, 2.45) is 0 Å². The zero-order valence-corrected chi connectivity index (χ0v) is 37.2. The molecule has 0 heterocycles. The maximum absolute atomic E-state index is 12.8. The molecule has 0 aliphatic carbocycles. The molecule has 0 radical (unpaired) electrons. The van der Waals surface area contributed by atoms with Gasteiger partial charge in [-0.3, -0.25) is 9.59 Å². The number of nitrogens with zero attached hydrogens (tertiary/aromatic N) is 1. The first-order valence-corrected chi connectivity index (χ1v) is 22.8. The standard InChI is InChI=1S/C48H85NO8/c1-6-8-10-12-14-16-18-20-22-23-25-27-29-31-33-35-37-39-46(51)57-44(43-56-48(47(52)53)54-41-40-49(3,4)5)42-55-45(50)38-36-34-32-30-28-26-24-21-19-17-15-13-11-9-7-2/h8,10,14,16,20,22,25,27,44,48H,6-7,9,11-13,15,17-19,21,23-24,26,28-43H2,1-5H3/p+1/b10-8-,16-14-,22-20-,27-25-. The number of carboxylic acids is 1. The van der Waals surface area contributed by atoms with Gasteiger partial charge in [0.25, 0.3) is 6.29 Å². The van der Waals surface area contributed by atoms with Crippen molar-refractivity contribution in [3.63, 3.8) is 0 Å². The predicted octanol–water partition coefficient (Wildman–Crippen LogP) is 12.0. The summed E-state index contributed by atoms with van der Waals surface area (Å²) in [5, 5.41) is 9.63. The van der Waals surface area contributed by atoms with Crippen LogP contribution in [0, 0.1) is 0 Å². The lowest BCUT2D eigenvalue weighted by Crippen LogP contribution is -2.40. The lowest BCUT2D eigenvalue weighted by Gasteiger charge is -2.25. The third-order valence-corrected chi connectivity index (χ3v) is 9.60. The molecule has 1 N–H and O–H groups in total. The van der Waals surface area contributed by atoms with Gasteiger partial charge in [-0.2, -0.15) is 0 Å². The fraction of sp³-hybridized carbons (Fsp3) is 0.771. The Kier molecular flexibility index (Phi) is 38.1. The molecule has 0 amide bonds. The quantitative estimate of drug-likeness (QED) is 0.0214. The minimum atomic E-state index is -1.51. The molecule has 0 bridgehead atoms. The van der Waals surface area contributed by atoms with E-state index in [0.29, 0.717) is 23.9 Å². The second kappa shape index (κ2) is 40.0. The number of ether oxygens (including phenoxy) is 4. The highest BCUT2D eigenvalue weighted by Crippen LogP contribution is 2.15. The summed E-state index contributed by atoms with van der Waals surface area (Å²) in [6.07, 6.45) is 43.1. The molecule has 0 rings (SSSR count). The van der Waals surface area contributed by atoms with E-state index in [9.17, 15) is 19.5 Å². The molecule has 57 heavy (non-hydrogen) atoms. The third kappa shape index (κ3) is 41.2. The highest BCUT2D eigenvalue weighted by molar-refractivity contribution is 5.71. The van der Waals surface area contributed by atoms with E-state index in [1.54, 1.807) is 0 Å². The number of carboxylic acid groups (broad SMARTS) is 1. The molecule has 2 unspecified atom stereocenters. The fourth-order valence-electron chi connectivity index (χ4n) is 6.06. The van der Waals surface area contributed by atoms with Crippen LogP contribution in [0.1, 0.15) is 181 Å². The highest BCUT2D eigenvalue weighted by Gasteiger charge is 2.25. The van der Waals surface area contributed by atoms with Crippen molar-refractivity contribution in [2.45, 2.75) is 193 Å². The number of carbonyl (C=O) groups excluding carboxylic acids is 2. The summed E-state index contributed by atoms with van der Waals surface area (Å²) < 4.78 is 22.7. The summed E-state index contributed by atoms with van der Waals surface area (Å²) in [7, 11) is 5.94. The highest BCUT2D eigenvalue weighted by atomic mass is 16.7. The van der Waals surface area contributed by atoms with Crippen LogP contribution in [0.25, 0.3) is 0 Å². The normalized spacial score (nSPS) is 13.4. The first kappa shape index (κ1) is 54.2. The number of quaternary nitrogens is 1. The number of aliphatic carboxylic acids is 1. The maximum Gasteiger partial charge on any atom is 0.361 e. The molecule has 0 fully saturated rings. The number of hydrogen-bond acceptors (Lipinski definition) is 7. The maximum atomic E-state index is 12.8. The smallest absolute Gasteiger partial charge is 0.361 e. The number of rotatable bonds is 41. The summed E-state index contributed by atoms with van der Waals surface area (Å²) in [5.41, 5.74) is 0. The van der Waals surface area contributed by atoms with Gasteiger partial charge in [0.2, 0.25) is 0 Å². The lowest BCUT2D eigenvalue weighted by molar-refractivity contribution is -0.870. The largest absolute Gasteiger partial charge is 0.477 e. The first-order chi connectivity index (χ1) is 27.6. The van der Waals surface area contributed by atoms with Crippen LogP contribution in [0.15, 0.2) is 48.6 Å². The van der Waals surface area contributed by atoms with Gasteiger partial charge in [0.15, 0.2) is 6.10 Å². The number of likely N-dealkylation sites (N-methyl/N-ethyl adjacent to an activating group) is 1. The Hall–Kier alpha value is -2.75. The molecule has 0 saturated heterocycles. The Labute approximate surface area is 349 Å². The molecule has 9 nitrogen and oxygen atoms in total. The van der Waals surface area contributed by atoms with Crippen LogP contribution in [0.5, 0.6) is 0 Å². The molecule has 0 saturated carbocycles. The monoisotopic (exact) mass is 805 g/mol. The molecule has 2 atom stereocenters. The van der Waals surface area contributed by atoms with Crippen LogP contribution in [0.2, 0.25) is 0 Å². The molecule has 0 aromatic rings. The minimum Gasteiger partial charge on any atom is -0.477 e. The average Bonchev–Trinajstić information content (AvgIpc) is 3.17. The Bertz CT molecular complexity index is 1080. The lowest BCUT2D eigenvalue weighted by atomic mass is 10.0. The van der Waals surface area contributed by atoms with Gasteiger partial charge in [-0.1, -0.05) is 165 Å². The molecule has 330 valence electrons. The molecule has 0 spiro atoms. The van der Waals surface area contributed by atoms with Crippen molar-refractivity contribution in [1.29, 1.82) is 0 Å². The number of carbonyl (C=O) groups is 3. The van der Waals surface area contributed by atoms with Gasteiger partial charge < -0.3 is 28.5 Å². The molecule has 0 aromatic heterocycles. The van der Waals surface area contributed by atoms with Gasteiger partial charge >= 0.3 is 17.9 Å². The van der Waals surface area contributed by atoms with E-state index >= 15 is 0 Å². The third-order valence-electron chi connectivity index (χ3n) is 9.60. The zero-order chi connectivity index (χ0) is 42.1. The van der Waals surface area contributed by atoms with Crippen LogP contribution < -0.4 is 0 Å². The van der Waals surface area contributed by atoms with Crippen LogP contribution in [0.3, 0.4) is 0 Å². The molecule has 0 aliphatic heterocycles. The van der Waals surface area contributed by atoms with Crippen LogP contribution in [-0.4, -0.2) is 87.4 Å². The van der Waals surface area contributed by atoms with E-state index in [2.05, 4.69) is 62.5 Å². The Morgan fingerprint density at radius 2 is 1.00 bits per heavy atom. The van der Waals surface area contributed by atoms with E-state index < -0.39 is 24.3 Å². The number of allylic oxidation sites excluding steroid dienone is 8. The van der Waals surface area contributed by atoms with E-state index in [1.807, 2.05) is 21.1 Å². The molecule has 0 aliphatic rings. The van der Waals surface area contributed by atoms with Crippen molar-refractivity contribution in [2.75, 3.05) is 47.5 Å².